The fraction of sp³-hybridized carbons (Fsp3) is 0.636. The Morgan fingerprint density at radius 2 is 1.19 bits per heavy atom. The highest BCUT2D eigenvalue weighted by molar-refractivity contribution is 7.99. The maximum Gasteiger partial charge on any atom is 0.134 e. The molecule has 0 aliphatic carbocycles. The van der Waals surface area contributed by atoms with Crippen LogP contribution in [0.5, 0.6) is 11.5 Å². The largest absolute Gasteiger partial charge is 0.492 e. The third-order valence-electron chi connectivity index (χ3n) is 5.32. The minimum absolute atomic E-state index is 0.734. The Labute approximate surface area is 197 Å². The van der Waals surface area contributed by atoms with Gasteiger partial charge in [0, 0.05) is 50.8 Å². The SMILES string of the molecule is c1cc(OCCSCCOc2ccsc2CN2CCOCC2)c(CN2CCOCC2)s1. The van der Waals surface area contributed by atoms with E-state index in [4.69, 9.17) is 18.9 Å². The number of nitrogens with zero attached hydrogens (tertiary/aromatic N) is 2. The van der Waals surface area contributed by atoms with Gasteiger partial charge in [0.2, 0.25) is 0 Å². The number of rotatable bonds is 12. The van der Waals surface area contributed by atoms with Crippen LogP contribution in [-0.2, 0) is 22.6 Å². The van der Waals surface area contributed by atoms with E-state index in [1.807, 2.05) is 11.8 Å². The summed E-state index contributed by atoms with van der Waals surface area (Å²) in [6, 6.07) is 4.20. The standard InChI is InChI=1S/C22H32N2O4S3/c1-13-30-21(17-23-3-7-25-8-4-23)19(1)27-11-15-29-16-12-28-20-2-14-31-22(20)18-24-5-9-26-10-6-24/h1-2,13-14H,3-12,15-18H2. The fourth-order valence-electron chi connectivity index (χ4n) is 3.59. The van der Waals surface area contributed by atoms with Gasteiger partial charge in [-0.3, -0.25) is 9.80 Å². The van der Waals surface area contributed by atoms with E-state index < -0.39 is 0 Å². The minimum atomic E-state index is 0.734. The van der Waals surface area contributed by atoms with Gasteiger partial charge in [-0.25, -0.2) is 0 Å². The van der Waals surface area contributed by atoms with E-state index >= 15 is 0 Å². The van der Waals surface area contributed by atoms with Crippen molar-refractivity contribution in [2.45, 2.75) is 13.1 Å². The molecule has 6 nitrogen and oxygen atoms in total. The van der Waals surface area contributed by atoms with Gasteiger partial charge in [-0.15, -0.1) is 22.7 Å². The monoisotopic (exact) mass is 484 g/mol. The zero-order chi connectivity index (χ0) is 21.1. The summed E-state index contributed by atoms with van der Waals surface area (Å²) >= 11 is 5.45. The normalized spacial score (nSPS) is 18.3. The lowest BCUT2D eigenvalue weighted by Crippen LogP contribution is -2.35. The van der Waals surface area contributed by atoms with Gasteiger partial charge in [0.1, 0.15) is 11.5 Å². The Morgan fingerprint density at radius 1 is 0.742 bits per heavy atom. The highest BCUT2D eigenvalue weighted by Crippen LogP contribution is 2.28. The Morgan fingerprint density at radius 3 is 1.65 bits per heavy atom. The van der Waals surface area contributed by atoms with Crippen LogP contribution in [-0.4, -0.2) is 87.1 Å². The van der Waals surface area contributed by atoms with E-state index in [1.54, 1.807) is 22.7 Å². The molecule has 0 atom stereocenters. The average molecular weight is 485 g/mol. The number of ether oxygens (including phenoxy) is 4. The number of thiophene rings is 2. The lowest BCUT2D eigenvalue weighted by molar-refractivity contribution is 0.0342. The molecule has 0 aromatic carbocycles. The molecule has 9 heteroatoms. The van der Waals surface area contributed by atoms with Gasteiger partial charge in [-0.2, -0.15) is 11.8 Å². The van der Waals surface area contributed by atoms with Crippen molar-refractivity contribution in [3.05, 3.63) is 32.6 Å². The molecule has 0 spiro atoms. The number of hydrogen-bond donors (Lipinski definition) is 0. The van der Waals surface area contributed by atoms with Crippen molar-refractivity contribution in [1.29, 1.82) is 0 Å². The van der Waals surface area contributed by atoms with E-state index in [0.29, 0.717) is 0 Å². The van der Waals surface area contributed by atoms with Crippen molar-refractivity contribution in [1.82, 2.24) is 9.80 Å². The van der Waals surface area contributed by atoms with E-state index in [2.05, 4.69) is 32.7 Å². The summed E-state index contributed by atoms with van der Waals surface area (Å²) in [7, 11) is 0. The van der Waals surface area contributed by atoms with Crippen LogP contribution in [0.4, 0.5) is 0 Å². The highest BCUT2D eigenvalue weighted by atomic mass is 32.2. The van der Waals surface area contributed by atoms with Crippen molar-refractivity contribution >= 4 is 34.4 Å². The molecule has 2 fully saturated rings. The van der Waals surface area contributed by atoms with Crippen LogP contribution < -0.4 is 9.47 Å². The third-order valence-corrected chi connectivity index (χ3v) is 8.01. The Bertz CT molecular complexity index is 695. The minimum Gasteiger partial charge on any atom is -0.492 e. The first-order chi connectivity index (χ1) is 15.4. The van der Waals surface area contributed by atoms with Crippen LogP contribution in [0.25, 0.3) is 0 Å². The van der Waals surface area contributed by atoms with Gasteiger partial charge < -0.3 is 18.9 Å². The van der Waals surface area contributed by atoms with Gasteiger partial charge >= 0.3 is 0 Å². The lowest BCUT2D eigenvalue weighted by atomic mass is 10.3. The average Bonchev–Trinajstić information content (AvgIpc) is 3.44. The molecular formula is C22H32N2O4S3. The molecule has 0 amide bonds. The molecule has 2 saturated heterocycles. The Hall–Kier alpha value is -0.810. The Kier molecular flexibility index (Phi) is 9.82. The van der Waals surface area contributed by atoms with Crippen molar-refractivity contribution in [2.75, 3.05) is 77.3 Å². The molecule has 4 heterocycles. The summed E-state index contributed by atoms with van der Waals surface area (Å²) in [5.41, 5.74) is 0. The topological polar surface area (TPSA) is 43.4 Å². The zero-order valence-corrected chi connectivity index (χ0v) is 20.4. The molecule has 4 rings (SSSR count). The van der Waals surface area contributed by atoms with Crippen molar-refractivity contribution in [2.24, 2.45) is 0 Å². The van der Waals surface area contributed by atoms with Crippen LogP contribution in [0.2, 0.25) is 0 Å². The first-order valence-corrected chi connectivity index (χ1v) is 13.9. The molecule has 0 N–H and O–H groups in total. The second-order valence-corrected chi connectivity index (χ2v) is 10.7. The summed E-state index contributed by atoms with van der Waals surface area (Å²) in [5.74, 6) is 4.03. The molecule has 31 heavy (non-hydrogen) atoms. The number of thioether (sulfide) groups is 1. The number of morpholine rings is 2. The van der Waals surface area contributed by atoms with Crippen LogP contribution in [0.1, 0.15) is 9.75 Å². The molecule has 2 aromatic rings. The lowest BCUT2D eigenvalue weighted by Gasteiger charge is -2.26. The predicted octanol–water partition coefficient (Wildman–Crippen LogP) is 3.67. The first kappa shape index (κ1) is 23.4. The van der Waals surface area contributed by atoms with Crippen LogP contribution >= 0.6 is 34.4 Å². The summed E-state index contributed by atoms with van der Waals surface area (Å²) in [4.78, 5) is 7.51. The molecule has 2 aliphatic heterocycles. The van der Waals surface area contributed by atoms with E-state index in [-0.39, 0.29) is 0 Å². The second kappa shape index (κ2) is 13.0. The quantitative estimate of drug-likeness (QED) is 0.426. The van der Waals surface area contributed by atoms with Crippen LogP contribution in [0.3, 0.4) is 0 Å². The van der Waals surface area contributed by atoms with Crippen molar-refractivity contribution in [3.8, 4) is 11.5 Å². The smallest absolute Gasteiger partial charge is 0.134 e. The van der Waals surface area contributed by atoms with Gasteiger partial charge in [0.25, 0.3) is 0 Å². The van der Waals surface area contributed by atoms with Gasteiger partial charge in [0.05, 0.1) is 49.4 Å². The van der Waals surface area contributed by atoms with Gasteiger partial charge in [-0.1, -0.05) is 0 Å². The van der Waals surface area contributed by atoms with E-state index in [9.17, 15) is 0 Å². The van der Waals surface area contributed by atoms with Crippen molar-refractivity contribution < 1.29 is 18.9 Å². The Balaban J connectivity index is 1.09. The predicted molar refractivity (Wildman–Crippen MR) is 129 cm³/mol. The van der Waals surface area contributed by atoms with Gasteiger partial charge in [-0.05, 0) is 22.9 Å². The maximum absolute atomic E-state index is 6.05. The molecular weight excluding hydrogens is 452 g/mol. The molecule has 0 saturated carbocycles. The summed E-state index contributed by atoms with van der Waals surface area (Å²) < 4.78 is 23.0. The molecule has 172 valence electrons. The fourth-order valence-corrected chi connectivity index (χ4v) is 5.91. The van der Waals surface area contributed by atoms with E-state index in [0.717, 1.165) is 102 Å². The molecule has 0 radical (unpaired) electrons. The maximum atomic E-state index is 6.05. The summed E-state index contributed by atoms with van der Waals surface area (Å²) in [6.45, 7) is 10.8. The highest BCUT2D eigenvalue weighted by Gasteiger charge is 2.15. The molecule has 0 bridgehead atoms. The number of hydrogen-bond acceptors (Lipinski definition) is 9. The summed E-state index contributed by atoms with van der Waals surface area (Å²) in [6.07, 6.45) is 0. The van der Waals surface area contributed by atoms with Crippen molar-refractivity contribution in [3.63, 3.8) is 0 Å². The molecule has 2 aromatic heterocycles. The van der Waals surface area contributed by atoms with Gasteiger partial charge in [0.15, 0.2) is 0 Å². The zero-order valence-electron chi connectivity index (χ0n) is 18.0. The summed E-state index contributed by atoms with van der Waals surface area (Å²) in [5, 5.41) is 4.25. The van der Waals surface area contributed by atoms with Crippen LogP contribution in [0, 0.1) is 0 Å². The second-order valence-electron chi connectivity index (χ2n) is 7.50. The molecule has 0 unspecified atom stereocenters. The third kappa shape index (κ3) is 7.63. The van der Waals surface area contributed by atoms with E-state index in [1.165, 1.54) is 9.75 Å². The molecule has 2 aliphatic rings. The van der Waals surface area contributed by atoms with Crippen LogP contribution in [0.15, 0.2) is 22.9 Å². The first-order valence-electron chi connectivity index (χ1n) is 10.9.